The lowest BCUT2D eigenvalue weighted by atomic mass is 10.0. The number of carbonyl (C=O) groups excluding carboxylic acids is 1. The third-order valence-electron chi connectivity index (χ3n) is 6.05. The number of thioether (sulfide) groups is 1. The Hall–Kier alpha value is -2.83. The number of aliphatic hydroxyl groups excluding tert-OH is 1. The van der Waals surface area contributed by atoms with Crippen LogP contribution in [0.5, 0.6) is 0 Å². The van der Waals surface area contributed by atoms with Crippen LogP contribution < -0.4 is 5.32 Å². The molecular weight excluding hydrogens is 526 g/mol. The fourth-order valence-electron chi connectivity index (χ4n) is 4.01. The number of aromatic nitrogens is 2. The summed E-state index contributed by atoms with van der Waals surface area (Å²) in [6.45, 7) is 2.29. The number of aliphatic carboxylic acids is 1. The summed E-state index contributed by atoms with van der Waals surface area (Å²) in [5.74, 6) is -0.359. The average Bonchev–Trinajstić information content (AvgIpc) is 3.35. The van der Waals surface area contributed by atoms with Crippen LogP contribution in [0, 0.1) is 6.92 Å². The van der Waals surface area contributed by atoms with Crippen LogP contribution in [0.4, 0.5) is 0 Å². The minimum Gasteiger partial charge on any atom is -0.481 e. The van der Waals surface area contributed by atoms with Crippen LogP contribution in [-0.4, -0.2) is 44.1 Å². The number of hydrogen-bond acceptors (Lipinski definition) is 9. The van der Waals surface area contributed by atoms with E-state index in [4.69, 9.17) is 14.6 Å². The number of carboxylic acids is 1. The summed E-state index contributed by atoms with van der Waals surface area (Å²) in [4.78, 5) is 22.6. The first kappa shape index (κ1) is 28.2. The minimum atomic E-state index is -0.902. The van der Waals surface area contributed by atoms with Crippen LogP contribution in [0.3, 0.4) is 0 Å². The van der Waals surface area contributed by atoms with E-state index in [0.29, 0.717) is 25.1 Å². The molecule has 3 atom stereocenters. The Morgan fingerprint density at radius 1 is 1.03 bits per heavy atom. The monoisotopic (exact) mass is 557 g/mol. The zero-order valence-corrected chi connectivity index (χ0v) is 22.7. The normalized spacial score (nSPS) is 19.3. The van der Waals surface area contributed by atoms with Gasteiger partial charge in [0, 0.05) is 37.1 Å². The molecule has 3 N–H and O–H groups in total. The molecule has 0 unspecified atom stereocenters. The van der Waals surface area contributed by atoms with Crippen molar-refractivity contribution in [2.24, 2.45) is 0 Å². The Kier molecular flexibility index (Phi) is 10.2. The third-order valence-corrected chi connectivity index (χ3v) is 8.16. The molecule has 11 heteroatoms. The molecule has 1 saturated heterocycles. The zero-order valence-electron chi connectivity index (χ0n) is 21.0. The van der Waals surface area contributed by atoms with Gasteiger partial charge in [-0.1, -0.05) is 71.6 Å². The van der Waals surface area contributed by atoms with Crippen molar-refractivity contribution in [3.63, 3.8) is 0 Å². The van der Waals surface area contributed by atoms with Crippen LogP contribution in [0.1, 0.15) is 65.3 Å². The number of nitrogens with one attached hydrogen (secondary N) is 1. The Morgan fingerprint density at radius 2 is 1.74 bits per heavy atom. The lowest BCUT2D eigenvalue weighted by molar-refractivity contribution is -0.245. The SMILES string of the molecule is Cc1nnc(SC[C@@H]2C[C@H](c3ccc(CO)cc3)O[C@H](c3ccc(CNC(=O)CCCC(=O)O)cc3)O2)s1. The van der Waals surface area contributed by atoms with Crippen LogP contribution in [0.15, 0.2) is 52.9 Å². The summed E-state index contributed by atoms with van der Waals surface area (Å²) < 4.78 is 13.6. The number of aliphatic hydroxyl groups is 1. The second-order valence-corrected chi connectivity index (χ2v) is 11.5. The summed E-state index contributed by atoms with van der Waals surface area (Å²) in [6.07, 6.45) is 0.362. The maximum atomic E-state index is 12.0. The Labute approximate surface area is 229 Å². The molecule has 9 nitrogen and oxygen atoms in total. The van der Waals surface area contributed by atoms with Gasteiger partial charge in [-0.3, -0.25) is 9.59 Å². The maximum Gasteiger partial charge on any atom is 0.303 e. The van der Waals surface area contributed by atoms with Crippen molar-refractivity contribution in [3.8, 4) is 0 Å². The van der Waals surface area contributed by atoms with E-state index in [2.05, 4.69) is 15.5 Å². The number of rotatable bonds is 12. The predicted octanol–water partition coefficient (Wildman–Crippen LogP) is 4.55. The van der Waals surface area contributed by atoms with E-state index in [0.717, 1.165) is 31.6 Å². The number of aryl methyl sites for hydroxylation is 1. The molecule has 0 saturated carbocycles. The van der Waals surface area contributed by atoms with E-state index in [-0.39, 0.29) is 37.6 Å². The van der Waals surface area contributed by atoms with Gasteiger partial charge in [-0.15, -0.1) is 10.2 Å². The standard InChI is InChI=1S/C27H31N3O6S2/c1-17-29-30-27(38-17)37-16-22-13-23(20-9-7-19(15-31)8-10-20)36-26(35-22)21-11-5-18(6-12-21)14-28-24(32)3-2-4-25(33)34/h5-12,22-23,26,31H,2-4,13-16H2,1H3,(H,28,32)(H,33,34)/t22-,23+,26+/m0/s1. The molecule has 0 spiro atoms. The molecular formula is C27H31N3O6S2. The van der Waals surface area contributed by atoms with Gasteiger partial charge in [-0.05, 0) is 30.0 Å². The van der Waals surface area contributed by atoms with Gasteiger partial charge in [0.15, 0.2) is 10.6 Å². The van der Waals surface area contributed by atoms with E-state index in [1.165, 1.54) is 0 Å². The van der Waals surface area contributed by atoms with Crippen molar-refractivity contribution in [1.29, 1.82) is 0 Å². The Balaban J connectivity index is 1.40. The quantitative estimate of drug-likeness (QED) is 0.275. The van der Waals surface area contributed by atoms with Crippen LogP contribution >= 0.6 is 23.1 Å². The second-order valence-electron chi connectivity index (χ2n) is 9.01. The van der Waals surface area contributed by atoms with Crippen molar-refractivity contribution in [3.05, 3.63) is 75.8 Å². The molecule has 1 aromatic heterocycles. The minimum absolute atomic E-state index is 0.00674. The summed E-state index contributed by atoms with van der Waals surface area (Å²) in [6, 6.07) is 15.5. The molecule has 2 aromatic carbocycles. The molecule has 1 amide bonds. The molecule has 3 aromatic rings. The van der Waals surface area contributed by atoms with Gasteiger partial charge in [0.2, 0.25) is 5.91 Å². The van der Waals surface area contributed by atoms with Gasteiger partial charge < -0.3 is 25.0 Å². The summed E-state index contributed by atoms with van der Waals surface area (Å²) >= 11 is 3.19. The lowest BCUT2D eigenvalue weighted by Gasteiger charge is -2.36. The molecule has 0 aliphatic carbocycles. The van der Waals surface area contributed by atoms with E-state index >= 15 is 0 Å². The highest BCUT2D eigenvalue weighted by atomic mass is 32.2. The van der Waals surface area contributed by atoms with E-state index in [1.54, 1.807) is 23.1 Å². The van der Waals surface area contributed by atoms with Gasteiger partial charge in [-0.2, -0.15) is 0 Å². The van der Waals surface area contributed by atoms with Gasteiger partial charge in [-0.25, -0.2) is 0 Å². The lowest BCUT2D eigenvalue weighted by Crippen LogP contribution is -2.31. The van der Waals surface area contributed by atoms with Crippen molar-refractivity contribution >= 4 is 35.0 Å². The number of nitrogens with zero attached hydrogens (tertiary/aromatic N) is 2. The number of hydrogen-bond donors (Lipinski definition) is 3. The average molecular weight is 558 g/mol. The molecule has 2 heterocycles. The number of carbonyl (C=O) groups is 2. The maximum absolute atomic E-state index is 12.0. The van der Waals surface area contributed by atoms with Gasteiger partial charge in [0.05, 0.1) is 18.8 Å². The molecule has 1 aliphatic heterocycles. The number of carboxylic acid groups (broad SMARTS) is 1. The molecule has 4 rings (SSSR count). The molecule has 38 heavy (non-hydrogen) atoms. The smallest absolute Gasteiger partial charge is 0.303 e. The molecule has 1 fully saturated rings. The van der Waals surface area contributed by atoms with Crippen molar-refractivity contribution in [1.82, 2.24) is 15.5 Å². The number of ether oxygens (including phenoxy) is 2. The van der Waals surface area contributed by atoms with Crippen molar-refractivity contribution in [2.75, 3.05) is 5.75 Å². The zero-order chi connectivity index (χ0) is 26.9. The molecule has 202 valence electrons. The molecule has 1 aliphatic rings. The number of amides is 1. The molecule has 0 bridgehead atoms. The highest BCUT2D eigenvalue weighted by molar-refractivity contribution is 8.01. The highest BCUT2D eigenvalue weighted by Crippen LogP contribution is 2.39. The fraction of sp³-hybridized carbons (Fsp3) is 0.407. The van der Waals surface area contributed by atoms with Crippen LogP contribution in [0.25, 0.3) is 0 Å². The van der Waals surface area contributed by atoms with Gasteiger partial charge in [0.25, 0.3) is 0 Å². The first-order valence-electron chi connectivity index (χ1n) is 12.4. The van der Waals surface area contributed by atoms with E-state index < -0.39 is 12.3 Å². The summed E-state index contributed by atoms with van der Waals surface area (Å²) in [7, 11) is 0. The van der Waals surface area contributed by atoms with Crippen LogP contribution in [-0.2, 0) is 32.2 Å². The van der Waals surface area contributed by atoms with Gasteiger partial charge >= 0.3 is 5.97 Å². The largest absolute Gasteiger partial charge is 0.481 e. The fourth-order valence-corrected chi connectivity index (χ4v) is 5.86. The second kappa shape index (κ2) is 13.8. The Morgan fingerprint density at radius 3 is 2.39 bits per heavy atom. The topological polar surface area (TPSA) is 131 Å². The third kappa shape index (κ3) is 8.34. The first-order chi connectivity index (χ1) is 18.4. The van der Waals surface area contributed by atoms with E-state index in [9.17, 15) is 14.7 Å². The summed E-state index contributed by atoms with van der Waals surface area (Å²) in [5, 5.41) is 30.1. The van der Waals surface area contributed by atoms with Crippen molar-refractivity contribution in [2.45, 2.75) is 68.6 Å². The molecule has 0 radical (unpaired) electrons. The Bertz CT molecular complexity index is 1200. The van der Waals surface area contributed by atoms with Crippen LogP contribution in [0.2, 0.25) is 0 Å². The van der Waals surface area contributed by atoms with Gasteiger partial charge in [0.1, 0.15) is 5.01 Å². The van der Waals surface area contributed by atoms with Crippen molar-refractivity contribution < 1.29 is 29.3 Å². The predicted molar refractivity (Wildman–Crippen MR) is 144 cm³/mol. The number of benzene rings is 2. The van der Waals surface area contributed by atoms with E-state index in [1.807, 2.05) is 55.5 Å². The first-order valence-corrected chi connectivity index (χ1v) is 14.2. The summed E-state index contributed by atoms with van der Waals surface area (Å²) in [5.41, 5.74) is 3.67. The highest BCUT2D eigenvalue weighted by Gasteiger charge is 2.32.